The summed E-state index contributed by atoms with van der Waals surface area (Å²) >= 11 is 0. The van der Waals surface area contributed by atoms with E-state index in [1.54, 1.807) is 12.1 Å². The highest BCUT2D eigenvalue weighted by atomic mass is 16.5. The van der Waals surface area contributed by atoms with Crippen molar-refractivity contribution in [2.24, 2.45) is 0 Å². The molecule has 1 aromatic heterocycles. The second kappa shape index (κ2) is 5.68. The SMILES string of the molecule is COC(=O)c1ccc(N2CCOCC2)nc1OC. The fraction of sp³-hybridized carbons (Fsp3) is 0.500. The number of esters is 1. The van der Waals surface area contributed by atoms with Gasteiger partial charge in [-0.05, 0) is 12.1 Å². The Morgan fingerprint density at radius 1 is 1.33 bits per heavy atom. The van der Waals surface area contributed by atoms with Gasteiger partial charge in [-0.1, -0.05) is 0 Å². The van der Waals surface area contributed by atoms with Crippen molar-refractivity contribution < 1.29 is 19.0 Å². The number of hydrogen-bond acceptors (Lipinski definition) is 6. The van der Waals surface area contributed by atoms with Crippen LogP contribution in [0.1, 0.15) is 10.4 Å². The van der Waals surface area contributed by atoms with Gasteiger partial charge in [0.05, 0.1) is 27.4 Å². The molecule has 1 aliphatic heterocycles. The normalized spacial score (nSPS) is 15.3. The van der Waals surface area contributed by atoms with Gasteiger partial charge in [-0.25, -0.2) is 4.79 Å². The minimum absolute atomic E-state index is 0.283. The number of rotatable bonds is 3. The maximum Gasteiger partial charge on any atom is 0.343 e. The number of pyridine rings is 1. The minimum atomic E-state index is -0.451. The van der Waals surface area contributed by atoms with Crippen molar-refractivity contribution in [2.45, 2.75) is 0 Å². The fourth-order valence-corrected chi connectivity index (χ4v) is 1.82. The van der Waals surface area contributed by atoms with Gasteiger partial charge in [0, 0.05) is 13.1 Å². The summed E-state index contributed by atoms with van der Waals surface area (Å²) in [5.74, 6) is 0.613. The van der Waals surface area contributed by atoms with Crippen molar-refractivity contribution in [3.8, 4) is 5.88 Å². The van der Waals surface area contributed by atoms with E-state index in [1.165, 1.54) is 14.2 Å². The predicted molar refractivity (Wildman–Crippen MR) is 65.2 cm³/mol. The number of nitrogens with zero attached hydrogens (tertiary/aromatic N) is 2. The lowest BCUT2D eigenvalue weighted by molar-refractivity contribution is 0.0596. The summed E-state index contributed by atoms with van der Waals surface area (Å²) in [5.41, 5.74) is 0.331. The van der Waals surface area contributed by atoms with E-state index >= 15 is 0 Å². The highest BCUT2D eigenvalue weighted by Crippen LogP contribution is 2.22. The van der Waals surface area contributed by atoms with Crippen LogP contribution < -0.4 is 9.64 Å². The first kappa shape index (κ1) is 12.6. The van der Waals surface area contributed by atoms with E-state index in [0.717, 1.165) is 18.9 Å². The van der Waals surface area contributed by atoms with Gasteiger partial charge in [0.25, 0.3) is 0 Å². The van der Waals surface area contributed by atoms with Crippen LogP contribution in [0.5, 0.6) is 5.88 Å². The van der Waals surface area contributed by atoms with Crippen LogP contribution in [-0.2, 0) is 9.47 Å². The average molecular weight is 252 g/mol. The zero-order valence-electron chi connectivity index (χ0n) is 10.5. The molecule has 0 N–H and O–H groups in total. The van der Waals surface area contributed by atoms with Gasteiger partial charge in [-0.15, -0.1) is 0 Å². The van der Waals surface area contributed by atoms with Crippen LogP contribution in [0, 0.1) is 0 Å². The van der Waals surface area contributed by atoms with Gasteiger partial charge in [0.2, 0.25) is 5.88 Å². The van der Waals surface area contributed by atoms with Gasteiger partial charge in [0.15, 0.2) is 0 Å². The first-order valence-electron chi connectivity index (χ1n) is 5.72. The van der Waals surface area contributed by atoms with Crippen molar-refractivity contribution in [2.75, 3.05) is 45.4 Å². The third-order valence-corrected chi connectivity index (χ3v) is 2.78. The summed E-state index contributed by atoms with van der Waals surface area (Å²) in [6.45, 7) is 2.94. The van der Waals surface area contributed by atoms with E-state index in [2.05, 4.69) is 14.6 Å². The van der Waals surface area contributed by atoms with Crippen LogP contribution >= 0.6 is 0 Å². The number of anilines is 1. The van der Waals surface area contributed by atoms with Gasteiger partial charge in [0.1, 0.15) is 11.4 Å². The Kier molecular flexibility index (Phi) is 3.99. The van der Waals surface area contributed by atoms with Gasteiger partial charge in [-0.2, -0.15) is 4.98 Å². The molecule has 6 heteroatoms. The van der Waals surface area contributed by atoms with Crippen LogP contribution in [0.4, 0.5) is 5.82 Å². The van der Waals surface area contributed by atoms with Crippen molar-refractivity contribution in [1.82, 2.24) is 4.98 Å². The van der Waals surface area contributed by atoms with Crippen LogP contribution in [0.25, 0.3) is 0 Å². The van der Waals surface area contributed by atoms with Crippen molar-refractivity contribution in [3.05, 3.63) is 17.7 Å². The summed E-state index contributed by atoms with van der Waals surface area (Å²) in [7, 11) is 2.82. The molecule has 2 heterocycles. The molecule has 0 bridgehead atoms. The predicted octanol–water partition coefficient (Wildman–Crippen LogP) is 0.713. The molecule has 1 saturated heterocycles. The first-order chi connectivity index (χ1) is 8.76. The van der Waals surface area contributed by atoms with Crippen molar-refractivity contribution in [3.63, 3.8) is 0 Å². The fourth-order valence-electron chi connectivity index (χ4n) is 1.82. The molecule has 0 spiro atoms. The van der Waals surface area contributed by atoms with Gasteiger partial charge < -0.3 is 19.1 Å². The maximum atomic E-state index is 11.5. The number of methoxy groups -OCH3 is 2. The summed E-state index contributed by atoms with van der Waals surface area (Å²) < 4.78 is 15.1. The Morgan fingerprint density at radius 3 is 2.67 bits per heavy atom. The molecular weight excluding hydrogens is 236 g/mol. The molecule has 0 aliphatic carbocycles. The molecule has 1 aliphatic rings. The Hall–Kier alpha value is -1.82. The lowest BCUT2D eigenvalue weighted by Crippen LogP contribution is -2.36. The van der Waals surface area contributed by atoms with E-state index in [0.29, 0.717) is 18.8 Å². The summed E-state index contributed by atoms with van der Waals surface area (Å²) in [6.07, 6.45) is 0. The topological polar surface area (TPSA) is 60.9 Å². The van der Waals surface area contributed by atoms with Crippen molar-refractivity contribution in [1.29, 1.82) is 0 Å². The first-order valence-corrected chi connectivity index (χ1v) is 5.72. The third-order valence-electron chi connectivity index (χ3n) is 2.78. The summed E-state index contributed by atoms with van der Waals surface area (Å²) in [5, 5.41) is 0. The maximum absolute atomic E-state index is 11.5. The largest absolute Gasteiger partial charge is 0.480 e. The monoisotopic (exact) mass is 252 g/mol. The molecule has 0 atom stereocenters. The number of ether oxygens (including phenoxy) is 3. The van der Waals surface area contributed by atoms with Gasteiger partial charge >= 0.3 is 5.97 Å². The summed E-state index contributed by atoms with van der Waals surface area (Å²) in [4.78, 5) is 17.9. The highest BCUT2D eigenvalue weighted by Gasteiger charge is 2.18. The summed E-state index contributed by atoms with van der Waals surface area (Å²) in [6, 6.07) is 3.46. The molecule has 0 amide bonds. The van der Waals surface area contributed by atoms with E-state index < -0.39 is 5.97 Å². The van der Waals surface area contributed by atoms with E-state index in [1.807, 2.05) is 0 Å². The Bertz CT molecular complexity index is 430. The number of morpholine rings is 1. The van der Waals surface area contributed by atoms with E-state index in [4.69, 9.17) is 9.47 Å². The number of carbonyl (C=O) groups excluding carboxylic acids is 1. The molecule has 1 aromatic rings. The third kappa shape index (κ3) is 2.53. The second-order valence-electron chi connectivity index (χ2n) is 3.82. The molecular formula is C12H16N2O4. The standard InChI is InChI=1S/C12H16N2O4/c1-16-11-9(12(15)17-2)3-4-10(13-11)14-5-7-18-8-6-14/h3-4H,5-8H2,1-2H3. The lowest BCUT2D eigenvalue weighted by atomic mass is 10.2. The molecule has 0 aromatic carbocycles. The quantitative estimate of drug-likeness (QED) is 0.738. The molecule has 18 heavy (non-hydrogen) atoms. The molecule has 2 rings (SSSR count). The van der Waals surface area contributed by atoms with Crippen LogP contribution in [0.15, 0.2) is 12.1 Å². The number of aromatic nitrogens is 1. The molecule has 1 fully saturated rings. The number of hydrogen-bond donors (Lipinski definition) is 0. The smallest absolute Gasteiger partial charge is 0.343 e. The second-order valence-corrected chi connectivity index (χ2v) is 3.82. The zero-order valence-corrected chi connectivity index (χ0v) is 10.5. The van der Waals surface area contributed by atoms with Crippen LogP contribution in [-0.4, -0.2) is 51.5 Å². The lowest BCUT2D eigenvalue weighted by Gasteiger charge is -2.28. The molecule has 0 unspecified atom stereocenters. The van der Waals surface area contributed by atoms with Gasteiger partial charge in [-0.3, -0.25) is 0 Å². The van der Waals surface area contributed by atoms with Crippen molar-refractivity contribution >= 4 is 11.8 Å². The Labute approximate surface area is 105 Å². The Balaban J connectivity index is 2.26. The zero-order chi connectivity index (χ0) is 13.0. The average Bonchev–Trinajstić information content (AvgIpc) is 2.46. The molecule has 98 valence electrons. The Morgan fingerprint density at radius 2 is 2.06 bits per heavy atom. The van der Waals surface area contributed by atoms with E-state index in [9.17, 15) is 4.79 Å². The molecule has 0 radical (unpaired) electrons. The number of carbonyl (C=O) groups is 1. The minimum Gasteiger partial charge on any atom is -0.480 e. The molecule has 0 saturated carbocycles. The highest BCUT2D eigenvalue weighted by molar-refractivity contribution is 5.92. The van der Waals surface area contributed by atoms with Crippen LogP contribution in [0.2, 0.25) is 0 Å². The van der Waals surface area contributed by atoms with Crippen LogP contribution in [0.3, 0.4) is 0 Å². The molecule has 6 nitrogen and oxygen atoms in total. The van der Waals surface area contributed by atoms with E-state index in [-0.39, 0.29) is 5.88 Å².